The molecule has 0 bridgehead atoms. The molecule has 0 spiro atoms. The van der Waals surface area contributed by atoms with Gasteiger partial charge in [0.25, 0.3) is 0 Å². The molecule has 1 heterocycles. The van der Waals surface area contributed by atoms with Gasteiger partial charge < -0.3 is 14.7 Å². The monoisotopic (exact) mass is 405 g/mol. The second-order valence-electron chi connectivity index (χ2n) is 5.55. The first kappa shape index (κ1) is 16.3. The molecule has 20 heavy (non-hydrogen) atoms. The normalized spacial score (nSPS) is 21.7. The largest absolute Gasteiger partial charge is 0.490 e. The van der Waals surface area contributed by atoms with Crippen molar-refractivity contribution in [1.29, 1.82) is 0 Å². The van der Waals surface area contributed by atoms with Crippen molar-refractivity contribution < 1.29 is 9.84 Å². The maximum atomic E-state index is 10.1. The fourth-order valence-corrected chi connectivity index (χ4v) is 3.74. The lowest BCUT2D eigenvalue weighted by Gasteiger charge is -2.32. The molecule has 0 unspecified atom stereocenters. The van der Waals surface area contributed by atoms with Crippen molar-refractivity contribution in [1.82, 2.24) is 4.90 Å². The first-order valence-electron chi connectivity index (χ1n) is 7.03. The number of β-amino-alcohol motifs (C(OH)–C–C–N with tert-alkyl or cyclic N) is 1. The quantitative estimate of drug-likeness (QED) is 0.809. The Balaban J connectivity index is 1.78. The Labute approximate surface area is 137 Å². The molecule has 1 aromatic rings. The van der Waals surface area contributed by atoms with Crippen molar-refractivity contribution in [3.8, 4) is 5.75 Å². The highest BCUT2D eigenvalue weighted by Gasteiger charge is 2.19. The van der Waals surface area contributed by atoms with Crippen LogP contribution in [0, 0.1) is 5.92 Å². The summed E-state index contributed by atoms with van der Waals surface area (Å²) in [6.45, 7) is 5.46. The van der Waals surface area contributed by atoms with Crippen molar-refractivity contribution in [3.05, 3.63) is 27.1 Å². The third-order valence-electron chi connectivity index (χ3n) is 3.54. The second kappa shape index (κ2) is 7.78. The first-order valence-corrected chi connectivity index (χ1v) is 8.61. The Hall–Kier alpha value is -0.100. The predicted octanol–water partition coefficient (Wildman–Crippen LogP) is 3.68. The number of piperidine rings is 1. The van der Waals surface area contributed by atoms with Crippen LogP contribution in [0.4, 0.5) is 0 Å². The van der Waals surface area contributed by atoms with Crippen LogP contribution in [0.2, 0.25) is 0 Å². The number of ether oxygens (including phenoxy) is 1. The third-order valence-corrected chi connectivity index (χ3v) is 4.65. The van der Waals surface area contributed by atoms with E-state index in [1.807, 2.05) is 18.2 Å². The Morgan fingerprint density at radius 2 is 2.25 bits per heavy atom. The van der Waals surface area contributed by atoms with E-state index in [1.54, 1.807) is 0 Å². The van der Waals surface area contributed by atoms with Gasteiger partial charge in [-0.1, -0.05) is 22.9 Å². The molecule has 1 saturated heterocycles. The zero-order chi connectivity index (χ0) is 14.5. The van der Waals surface area contributed by atoms with E-state index >= 15 is 0 Å². The Morgan fingerprint density at radius 1 is 1.45 bits per heavy atom. The number of halogens is 2. The zero-order valence-electron chi connectivity index (χ0n) is 11.7. The molecule has 1 aromatic carbocycles. The van der Waals surface area contributed by atoms with E-state index in [4.69, 9.17) is 4.74 Å². The van der Waals surface area contributed by atoms with Crippen LogP contribution in [0.25, 0.3) is 0 Å². The summed E-state index contributed by atoms with van der Waals surface area (Å²) < 4.78 is 7.57. The number of aliphatic hydroxyl groups excluding tert-OH is 1. The van der Waals surface area contributed by atoms with Gasteiger partial charge in [-0.3, -0.25) is 0 Å². The van der Waals surface area contributed by atoms with E-state index in [2.05, 4.69) is 43.7 Å². The lowest BCUT2D eigenvalue weighted by molar-refractivity contribution is 0.0535. The first-order chi connectivity index (χ1) is 9.54. The van der Waals surface area contributed by atoms with E-state index in [-0.39, 0.29) is 0 Å². The molecule has 0 amide bonds. The minimum Gasteiger partial charge on any atom is -0.490 e. The van der Waals surface area contributed by atoms with Crippen molar-refractivity contribution in [2.45, 2.75) is 25.9 Å². The fourth-order valence-electron chi connectivity index (χ4n) is 2.58. The topological polar surface area (TPSA) is 32.7 Å². The molecule has 2 rings (SSSR count). The Kier molecular flexibility index (Phi) is 6.33. The summed E-state index contributed by atoms with van der Waals surface area (Å²) >= 11 is 6.86. The average molecular weight is 407 g/mol. The van der Waals surface area contributed by atoms with E-state index in [1.165, 1.54) is 12.8 Å². The van der Waals surface area contributed by atoms with Gasteiger partial charge >= 0.3 is 0 Å². The summed E-state index contributed by atoms with van der Waals surface area (Å²) in [6, 6.07) is 5.76. The van der Waals surface area contributed by atoms with Crippen molar-refractivity contribution >= 4 is 31.9 Å². The maximum Gasteiger partial charge on any atom is 0.133 e. The van der Waals surface area contributed by atoms with Crippen LogP contribution < -0.4 is 4.74 Å². The van der Waals surface area contributed by atoms with E-state index < -0.39 is 6.10 Å². The standard InChI is InChI=1S/C15H21Br2NO2/c1-11-3-2-6-18(8-11)9-13(19)10-20-15-5-4-12(16)7-14(15)17/h4-5,7,11,13,19H,2-3,6,8-10H2,1H3/t11-,13+/m0/s1. The van der Waals surface area contributed by atoms with Gasteiger partial charge in [-0.25, -0.2) is 0 Å². The molecule has 1 aliphatic rings. The number of benzene rings is 1. The van der Waals surface area contributed by atoms with Crippen LogP contribution in [-0.4, -0.2) is 42.4 Å². The summed E-state index contributed by atoms with van der Waals surface area (Å²) in [5.41, 5.74) is 0. The van der Waals surface area contributed by atoms with E-state index in [0.29, 0.717) is 13.2 Å². The smallest absolute Gasteiger partial charge is 0.133 e. The summed E-state index contributed by atoms with van der Waals surface area (Å²) in [5.74, 6) is 1.50. The third kappa shape index (κ3) is 5.02. The fraction of sp³-hybridized carbons (Fsp3) is 0.600. The SMILES string of the molecule is C[C@H]1CCCN(C[C@@H](O)COc2ccc(Br)cc2Br)C1. The molecule has 112 valence electrons. The zero-order valence-corrected chi connectivity index (χ0v) is 14.9. The number of nitrogens with zero attached hydrogens (tertiary/aromatic N) is 1. The van der Waals surface area contributed by atoms with Gasteiger partial charge in [0.2, 0.25) is 0 Å². The molecule has 0 aromatic heterocycles. The Morgan fingerprint density at radius 3 is 2.95 bits per heavy atom. The van der Waals surface area contributed by atoms with Crippen molar-refractivity contribution in [2.24, 2.45) is 5.92 Å². The van der Waals surface area contributed by atoms with Gasteiger partial charge in [-0.05, 0) is 59.4 Å². The lowest BCUT2D eigenvalue weighted by Crippen LogP contribution is -2.41. The van der Waals surface area contributed by atoms with Crippen LogP contribution in [0.3, 0.4) is 0 Å². The van der Waals surface area contributed by atoms with Crippen LogP contribution in [0.15, 0.2) is 27.1 Å². The molecule has 2 atom stereocenters. The van der Waals surface area contributed by atoms with Gasteiger partial charge in [-0.2, -0.15) is 0 Å². The summed E-state index contributed by atoms with van der Waals surface area (Å²) in [7, 11) is 0. The molecule has 1 aliphatic heterocycles. The number of rotatable bonds is 5. The van der Waals surface area contributed by atoms with Gasteiger partial charge in [0.05, 0.1) is 4.47 Å². The second-order valence-corrected chi connectivity index (χ2v) is 7.32. The number of hydrogen-bond donors (Lipinski definition) is 1. The summed E-state index contributed by atoms with van der Waals surface area (Å²) in [6.07, 6.45) is 2.08. The molecular formula is C15H21Br2NO2. The van der Waals surface area contributed by atoms with E-state index in [0.717, 1.165) is 33.7 Å². The van der Waals surface area contributed by atoms with Gasteiger partial charge in [0.1, 0.15) is 18.5 Å². The van der Waals surface area contributed by atoms with E-state index in [9.17, 15) is 5.11 Å². The molecule has 0 saturated carbocycles. The highest BCUT2D eigenvalue weighted by atomic mass is 79.9. The van der Waals surface area contributed by atoms with Gasteiger partial charge in [-0.15, -0.1) is 0 Å². The van der Waals surface area contributed by atoms with Crippen LogP contribution in [0.5, 0.6) is 5.75 Å². The number of hydrogen-bond acceptors (Lipinski definition) is 3. The van der Waals surface area contributed by atoms with Crippen LogP contribution in [-0.2, 0) is 0 Å². The predicted molar refractivity (Wildman–Crippen MR) is 88.2 cm³/mol. The Bertz CT molecular complexity index is 442. The molecule has 3 nitrogen and oxygen atoms in total. The molecule has 5 heteroatoms. The van der Waals surface area contributed by atoms with Crippen molar-refractivity contribution in [3.63, 3.8) is 0 Å². The maximum absolute atomic E-state index is 10.1. The van der Waals surface area contributed by atoms with Gasteiger partial charge in [0, 0.05) is 17.6 Å². The minimum absolute atomic E-state index is 0.325. The molecule has 1 fully saturated rings. The van der Waals surface area contributed by atoms with Gasteiger partial charge in [0.15, 0.2) is 0 Å². The molecule has 1 N–H and O–H groups in total. The van der Waals surface area contributed by atoms with Crippen LogP contribution in [0.1, 0.15) is 19.8 Å². The summed E-state index contributed by atoms with van der Waals surface area (Å²) in [4.78, 5) is 2.33. The van der Waals surface area contributed by atoms with Crippen molar-refractivity contribution in [2.75, 3.05) is 26.2 Å². The summed E-state index contributed by atoms with van der Waals surface area (Å²) in [5, 5.41) is 10.1. The lowest BCUT2D eigenvalue weighted by atomic mass is 10.0. The van der Waals surface area contributed by atoms with Crippen LogP contribution >= 0.6 is 31.9 Å². The molecule has 0 aliphatic carbocycles. The number of likely N-dealkylation sites (tertiary alicyclic amines) is 1. The molecular weight excluding hydrogens is 386 g/mol. The highest BCUT2D eigenvalue weighted by Crippen LogP contribution is 2.28. The molecule has 0 radical (unpaired) electrons. The minimum atomic E-state index is -0.448. The highest BCUT2D eigenvalue weighted by molar-refractivity contribution is 9.11. The number of aliphatic hydroxyl groups is 1. The average Bonchev–Trinajstić information content (AvgIpc) is 2.37.